The molecule has 0 saturated heterocycles. The topological polar surface area (TPSA) is 35.2 Å². The fraction of sp³-hybridized carbons (Fsp3) is 0.400. The summed E-state index contributed by atoms with van der Waals surface area (Å²) < 4.78 is 29.0. The average molecular weight is 201 g/mol. The van der Waals surface area contributed by atoms with Crippen molar-refractivity contribution in [2.24, 2.45) is 5.73 Å². The van der Waals surface area contributed by atoms with E-state index in [1.807, 2.05) is 0 Å². The highest BCUT2D eigenvalue weighted by atomic mass is 19.3. The van der Waals surface area contributed by atoms with Crippen molar-refractivity contribution in [3.05, 3.63) is 29.8 Å². The number of rotatable bonds is 4. The highest BCUT2D eigenvalue weighted by Crippen LogP contribution is 2.20. The van der Waals surface area contributed by atoms with Crippen LogP contribution in [0.4, 0.5) is 8.78 Å². The van der Waals surface area contributed by atoms with Crippen LogP contribution in [0.1, 0.15) is 18.0 Å². The van der Waals surface area contributed by atoms with Crippen LogP contribution in [0.3, 0.4) is 0 Å². The molecular weight excluding hydrogens is 188 g/mol. The van der Waals surface area contributed by atoms with Crippen LogP contribution < -0.4 is 10.5 Å². The van der Waals surface area contributed by atoms with Crippen molar-refractivity contribution in [3.8, 4) is 5.75 Å². The normalized spacial score (nSPS) is 12.9. The van der Waals surface area contributed by atoms with Crippen LogP contribution in [0.25, 0.3) is 0 Å². The minimum atomic E-state index is -2.37. The molecule has 0 amide bonds. The molecule has 1 rings (SSSR count). The fourth-order valence-electron chi connectivity index (χ4n) is 1.18. The lowest BCUT2D eigenvalue weighted by Crippen LogP contribution is -2.13. The first-order valence-electron chi connectivity index (χ1n) is 4.31. The summed E-state index contributed by atoms with van der Waals surface area (Å²) >= 11 is 0. The Morgan fingerprint density at radius 1 is 1.29 bits per heavy atom. The molecule has 0 heterocycles. The molecule has 1 aromatic carbocycles. The molecule has 0 aromatic heterocycles. The van der Waals surface area contributed by atoms with Crippen LogP contribution in [-0.2, 0) is 0 Å². The Morgan fingerprint density at radius 3 is 2.29 bits per heavy atom. The summed E-state index contributed by atoms with van der Waals surface area (Å²) in [5.41, 5.74) is 6.27. The van der Waals surface area contributed by atoms with Crippen molar-refractivity contribution >= 4 is 0 Å². The number of ether oxygens (including phenoxy) is 1. The molecule has 0 fully saturated rings. The quantitative estimate of drug-likeness (QED) is 0.811. The number of hydrogen-bond donors (Lipinski definition) is 1. The largest absolute Gasteiger partial charge is 0.497 e. The molecule has 78 valence electrons. The van der Waals surface area contributed by atoms with Gasteiger partial charge in [0.15, 0.2) is 0 Å². The molecular formula is C10H13F2NO. The summed E-state index contributed by atoms with van der Waals surface area (Å²) in [7, 11) is 1.55. The van der Waals surface area contributed by atoms with Gasteiger partial charge in [-0.2, -0.15) is 0 Å². The third-order valence-electron chi connectivity index (χ3n) is 1.98. The maximum Gasteiger partial charge on any atom is 0.240 e. The van der Waals surface area contributed by atoms with E-state index < -0.39 is 12.5 Å². The third kappa shape index (κ3) is 2.96. The Morgan fingerprint density at radius 2 is 1.86 bits per heavy atom. The predicted molar refractivity (Wildman–Crippen MR) is 50.5 cm³/mol. The van der Waals surface area contributed by atoms with E-state index in [2.05, 4.69) is 0 Å². The second-order valence-corrected chi connectivity index (χ2v) is 3.01. The molecule has 0 radical (unpaired) electrons. The highest BCUT2D eigenvalue weighted by molar-refractivity contribution is 5.28. The lowest BCUT2D eigenvalue weighted by molar-refractivity contribution is 0.128. The van der Waals surface area contributed by atoms with Crippen LogP contribution in [-0.4, -0.2) is 13.5 Å². The zero-order valence-electron chi connectivity index (χ0n) is 7.91. The van der Waals surface area contributed by atoms with Crippen LogP contribution in [0.2, 0.25) is 0 Å². The summed E-state index contributed by atoms with van der Waals surface area (Å²) in [6.45, 7) is 0. The zero-order chi connectivity index (χ0) is 10.6. The summed E-state index contributed by atoms with van der Waals surface area (Å²) in [4.78, 5) is 0. The number of hydrogen-bond acceptors (Lipinski definition) is 2. The van der Waals surface area contributed by atoms with Crippen molar-refractivity contribution in [3.63, 3.8) is 0 Å². The van der Waals surface area contributed by atoms with Crippen LogP contribution in [0, 0.1) is 0 Å². The van der Waals surface area contributed by atoms with Gasteiger partial charge in [-0.3, -0.25) is 0 Å². The van der Waals surface area contributed by atoms with E-state index in [9.17, 15) is 8.78 Å². The predicted octanol–water partition coefficient (Wildman–Crippen LogP) is 2.35. The lowest BCUT2D eigenvalue weighted by atomic mass is 10.1. The van der Waals surface area contributed by atoms with Crippen LogP contribution >= 0.6 is 0 Å². The average Bonchev–Trinajstić information content (AvgIpc) is 2.17. The van der Waals surface area contributed by atoms with E-state index in [1.165, 1.54) is 0 Å². The van der Waals surface area contributed by atoms with E-state index in [4.69, 9.17) is 10.5 Å². The smallest absolute Gasteiger partial charge is 0.240 e. The third-order valence-corrected chi connectivity index (χ3v) is 1.98. The number of halogens is 2. The SMILES string of the molecule is COc1ccc([C@H](N)CC(F)F)cc1. The van der Waals surface area contributed by atoms with Crippen LogP contribution in [0.15, 0.2) is 24.3 Å². The van der Waals surface area contributed by atoms with Gasteiger partial charge in [0.1, 0.15) is 5.75 Å². The molecule has 0 spiro atoms. The van der Waals surface area contributed by atoms with Gasteiger partial charge < -0.3 is 10.5 Å². The summed E-state index contributed by atoms with van der Waals surface area (Å²) in [5.74, 6) is 0.693. The van der Waals surface area contributed by atoms with Crippen molar-refractivity contribution in [2.45, 2.75) is 18.9 Å². The molecule has 2 nitrogen and oxygen atoms in total. The van der Waals surface area contributed by atoms with Gasteiger partial charge in [-0.25, -0.2) is 8.78 Å². The van der Waals surface area contributed by atoms with E-state index in [1.54, 1.807) is 31.4 Å². The zero-order valence-corrected chi connectivity index (χ0v) is 7.91. The van der Waals surface area contributed by atoms with E-state index in [0.29, 0.717) is 11.3 Å². The molecule has 1 aromatic rings. The molecule has 0 saturated carbocycles. The van der Waals surface area contributed by atoms with Crippen molar-refractivity contribution < 1.29 is 13.5 Å². The number of nitrogens with two attached hydrogens (primary N) is 1. The Kier molecular flexibility index (Phi) is 3.83. The van der Waals surface area contributed by atoms with Gasteiger partial charge in [0.25, 0.3) is 0 Å². The van der Waals surface area contributed by atoms with E-state index in [0.717, 1.165) is 0 Å². The molecule has 1 atom stereocenters. The minimum Gasteiger partial charge on any atom is -0.497 e. The van der Waals surface area contributed by atoms with Crippen molar-refractivity contribution in [1.82, 2.24) is 0 Å². The monoisotopic (exact) mass is 201 g/mol. The van der Waals surface area contributed by atoms with Gasteiger partial charge in [0.05, 0.1) is 7.11 Å². The Labute approximate surface area is 81.7 Å². The Hall–Kier alpha value is -1.16. The Balaban J connectivity index is 2.66. The van der Waals surface area contributed by atoms with E-state index >= 15 is 0 Å². The number of alkyl halides is 2. The van der Waals surface area contributed by atoms with Gasteiger partial charge in [-0.15, -0.1) is 0 Å². The fourth-order valence-corrected chi connectivity index (χ4v) is 1.18. The second-order valence-electron chi connectivity index (χ2n) is 3.01. The lowest BCUT2D eigenvalue weighted by Gasteiger charge is -2.11. The highest BCUT2D eigenvalue weighted by Gasteiger charge is 2.12. The number of benzene rings is 1. The minimum absolute atomic E-state index is 0.313. The molecule has 2 N–H and O–H groups in total. The Bertz CT molecular complexity index is 274. The first-order chi connectivity index (χ1) is 6.63. The number of methoxy groups -OCH3 is 1. The van der Waals surface area contributed by atoms with Crippen molar-refractivity contribution in [1.29, 1.82) is 0 Å². The van der Waals surface area contributed by atoms with E-state index in [-0.39, 0.29) is 6.42 Å². The van der Waals surface area contributed by atoms with Crippen molar-refractivity contribution in [2.75, 3.05) is 7.11 Å². The van der Waals surface area contributed by atoms with Gasteiger partial charge in [0, 0.05) is 12.5 Å². The summed E-state index contributed by atoms with van der Waals surface area (Å²) in [6, 6.07) is 6.21. The second kappa shape index (κ2) is 4.91. The first kappa shape index (κ1) is 10.9. The molecule has 4 heteroatoms. The summed E-state index contributed by atoms with van der Waals surface area (Å²) in [6.07, 6.45) is -2.68. The van der Waals surface area contributed by atoms with Gasteiger partial charge >= 0.3 is 0 Å². The molecule has 0 aliphatic heterocycles. The summed E-state index contributed by atoms with van der Waals surface area (Å²) in [5, 5.41) is 0. The standard InChI is InChI=1S/C10H13F2NO/c1-14-8-4-2-7(3-5-8)9(13)6-10(11)12/h2-5,9-10H,6,13H2,1H3/t9-/m1/s1. The molecule has 0 aliphatic rings. The first-order valence-corrected chi connectivity index (χ1v) is 4.31. The maximum atomic E-state index is 12.0. The molecule has 0 aliphatic carbocycles. The van der Waals surface area contributed by atoms with Crippen LogP contribution in [0.5, 0.6) is 5.75 Å². The van der Waals surface area contributed by atoms with Gasteiger partial charge in [-0.05, 0) is 17.7 Å². The maximum absolute atomic E-state index is 12.0. The van der Waals surface area contributed by atoms with Gasteiger partial charge in [-0.1, -0.05) is 12.1 Å². The molecule has 0 unspecified atom stereocenters. The molecule has 0 bridgehead atoms. The molecule has 14 heavy (non-hydrogen) atoms. The van der Waals surface area contributed by atoms with Gasteiger partial charge in [0.2, 0.25) is 6.43 Å².